The summed E-state index contributed by atoms with van der Waals surface area (Å²) in [4.78, 5) is 12.1. The molecule has 92 valence electrons. The zero-order valence-electron chi connectivity index (χ0n) is 9.51. The van der Waals surface area contributed by atoms with Crippen LogP contribution in [0.2, 0.25) is 5.02 Å². The molecule has 2 aromatic rings. The summed E-state index contributed by atoms with van der Waals surface area (Å²) >= 11 is 5.78. The molecule has 0 fully saturated rings. The van der Waals surface area contributed by atoms with Crippen molar-refractivity contribution in [1.82, 2.24) is 0 Å². The van der Waals surface area contributed by atoms with E-state index in [4.69, 9.17) is 11.6 Å². The molecule has 0 unspecified atom stereocenters. The first-order valence-corrected chi connectivity index (χ1v) is 5.63. The van der Waals surface area contributed by atoms with Crippen molar-refractivity contribution in [1.29, 1.82) is 0 Å². The van der Waals surface area contributed by atoms with Crippen molar-refractivity contribution in [2.24, 2.45) is 0 Å². The Morgan fingerprint density at radius 2 is 1.78 bits per heavy atom. The predicted octanol–water partition coefficient (Wildman–Crippen LogP) is 4.16. The third-order valence-corrected chi connectivity index (χ3v) is 2.85. The Bertz CT molecular complexity index is 623. The summed E-state index contributed by atoms with van der Waals surface area (Å²) in [6.45, 7) is 1.75. The second-order valence-electron chi connectivity index (χ2n) is 3.94. The number of ketones is 1. The van der Waals surface area contributed by atoms with Gasteiger partial charge in [-0.1, -0.05) is 23.2 Å². The molecule has 0 spiro atoms. The van der Waals surface area contributed by atoms with E-state index in [-0.39, 0.29) is 16.1 Å². The lowest BCUT2D eigenvalue weighted by molar-refractivity contribution is 0.103. The molecule has 0 saturated heterocycles. The van der Waals surface area contributed by atoms with Gasteiger partial charge in [0.1, 0.15) is 11.6 Å². The van der Waals surface area contributed by atoms with Crippen LogP contribution >= 0.6 is 11.6 Å². The molecule has 2 rings (SSSR count). The SMILES string of the molecule is Cc1ccc(F)c(C(=O)c2ccc(F)cc2Cl)c1. The van der Waals surface area contributed by atoms with Crippen LogP contribution < -0.4 is 0 Å². The number of halogens is 3. The molecule has 0 aliphatic carbocycles. The van der Waals surface area contributed by atoms with E-state index in [1.807, 2.05) is 0 Å². The normalized spacial score (nSPS) is 10.4. The van der Waals surface area contributed by atoms with Crippen molar-refractivity contribution in [3.63, 3.8) is 0 Å². The van der Waals surface area contributed by atoms with Gasteiger partial charge in [-0.25, -0.2) is 8.78 Å². The van der Waals surface area contributed by atoms with Gasteiger partial charge in [0.15, 0.2) is 5.78 Å². The number of hydrogen-bond acceptors (Lipinski definition) is 1. The van der Waals surface area contributed by atoms with E-state index >= 15 is 0 Å². The molecular weight excluding hydrogens is 258 g/mol. The molecule has 0 bridgehead atoms. The molecule has 0 radical (unpaired) electrons. The van der Waals surface area contributed by atoms with Crippen molar-refractivity contribution in [2.75, 3.05) is 0 Å². The fourth-order valence-corrected chi connectivity index (χ4v) is 1.88. The van der Waals surface area contributed by atoms with E-state index < -0.39 is 17.4 Å². The molecule has 0 aliphatic rings. The molecule has 0 aromatic heterocycles. The van der Waals surface area contributed by atoms with Crippen molar-refractivity contribution in [3.05, 3.63) is 69.7 Å². The molecular formula is C14H9ClF2O. The quantitative estimate of drug-likeness (QED) is 0.746. The summed E-state index contributed by atoms with van der Waals surface area (Å²) in [5.41, 5.74) is 0.782. The Morgan fingerprint density at radius 3 is 2.44 bits per heavy atom. The van der Waals surface area contributed by atoms with Crippen LogP contribution in [0.15, 0.2) is 36.4 Å². The average molecular weight is 267 g/mol. The zero-order valence-corrected chi connectivity index (χ0v) is 10.3. The van der Waals surface area contributed by atoms with E-state index in [2.05, 4.69) is 0 Å². The first-order valence-electron chi connectivity index (χ1n) is 5.25. The van der Waals surface area contributed by atoms with E-state index in [1.54, 1.807) is 13.0 Å². The van der Waals surface area contributed by atoms with Crippen LogP contribution in [0.3, 0.4) is 0 Å². The predicted molar refractivity (Wildman–Crippen MR) is 66.0 cm³/mol. The van der Waals surface area contributed by atoms with Gasteiger partial charge in [0.25, 0.3) is 0 Å². The van der Waals surface area contributed by atoms with Crippen LogP contribution in [0.1, 0.15) is 21.5 Å². The minimum atomic E-state index is -0.619. The van der Waals surface area contributed by atoms with Crippen LogP contribution in [0.4, 0.5) is 8.78 Å². The lowest BCUT2D eigenvalue weighted by Gasteiger charge is -2.06. The van der Waals surface area contributed by atoms with Crippen LogP contribution in [-0.4, -0.2) is 5.78 Å². The van der Waals surface area contributed by atoms with E-state index in [1.165, 1.54) is 18.2 Å². The topological polar surface area (TPSA) is 17.1 Å². The molecule has 0 saturated carbocycles. The Balaban J connectivity index is 2.51. The number of rotatable bonds is 2. The molecule has 0 heterocycles. The van der Waals surface area contributed by atoms with Crippen molar-refractivity contribution >= 4 is 17.4 Å². The van der Waals surface area contributed by atoms with Gasteiger partial charge in [0, 0.05) is 5.56 Å². The summed E-state index contributed by atoms with van der Waals surface area (Å²) in [7, 11) is 0. The molecule has 1 nitrogen and oxygen atoms in total. The summed E-state index contributed by atoms with van der Waals surface area (Å²) in [5, 5.41) is -0.0269. The summed E-state index contributed by atoms with van der Waals surface area (Å²) < 4.78 is 26.5. The second-order valence-corrected chi connectivity index (χ2v) is 4.34. The van der Waals surface area contributed by atoms with Crippen LogP contribution in [-0.2, 0) is 0 Å². The fourth-order valence-electron chi connectivity index (χ4n) is 1.63. The number of hydrogen-bond donors (Lipinski definition) is 0. The maximum absolute atomic E-state index is 13.6. The van der Waals surface area contributed by atoms with Crippen molar-refractivity contribution in [3.8, 4) is 0 Å². The molecule has 2 aromatic carbocycles. The Morgan fingerprint density at radius 1 is 1.06 bits per heavy atom. The molecule has 4 heteroatoms. The van der Waals surface area contributed by atoms with Gasteiger partial charge in [-0.15, -0.1) is 0 Å². The van der Waals surface area contributed by atoms with Gasteiger partial charge < -0.3 is 0 Å². The van der Waals surface area contributed by atoms with Gasteiger partial charge in [-0.3, -0.25) is 4.79 Å². The highest BCUT2D eigenvalue weighted by Gasteiger charge is 2.17. The third-order valence-electron chi connectivity index (χ3n) is 2.54. The number of carbonyl (C=O) groups excluding carboxylic acids is 1. The molecule has 0 N–H and O–H groups in total. The van der Waals surface area contributed by atoms with E-state index in [0.717, 1.165) is 17.7 Å². The van der Waals surface area contributed by atoms with Gasteiger partial charge in [-0.05, 0) is 37.3 Å². The fraction of sp³-hybridized carbons (Fsp3) is 0.0714. The van der Waals surface area contributed by atoms with Crippen LogP contribution in [0.5, 0.6) is 0 Å². The Kier molecular flexibility index (Phi) is 3.43. The first-order chi connectivity index (χ1) is 8.49. The number of aryl methyl sites for hydroxylation is 1. The lowest BCUT2D eigenvalue weighted by atomic mass is 10.0. The largest absolute Gasteiger partial charge is 0.288 e. The van der Waals surface area contributed by atoms with E-state index in [0.29, 0.717) is 0 Å². The Hall–Kier alpha value is -1.74. The highest BCUT2D eigenvalue weighted by Crippen LogP contribution is 2.22. The smallest absolute Gasteiger partial charge is 0.197 e. The van der Waals surface area contributed by atoms with E-state index in [9.17, 15) is 13.6 Å². The summed E-state index contributed by atoms with van der Waals surface area (Å²) in [5.74, 6) is -1.71. The summed E-state index contributed by atoms with van der Waals surface area (Å²) in [6, 6.07) is 7.63. The van der Waals surface area contributed by atoms with Gasteiger partial charge in [0.05, 0.1) is 10.6 Å². The first kappa shape index (κ1) is 12.7. The van der Waals surface area contributed by atoms with Gasteiger partial charge in [-0.2, -0.15) is 0 Å². The van der Waals surface area contributed by atoms with Gasteiger partial charge >= 0.3 is 0 Å². The van der Waals surface area contributed by atoms with Crippen molar-refractivity contribution < 1.29 is 13.6 Å². The average Bonchev–Trinajstić information content (AvgIpc) is 2.31. The third kappa shape index (κ3) is 2.41. The minimum Gasteiger partial charge on any atom is -0.288 e. The highest BCUT2D eigenvalue weighted by molar-refractivity contribution is 6.35. The maximum atomic E-state index is 13.6. The van der Waals surface area contributed by atoms with Gasteiger partial charge in [0.2, 0.25) is 0 Å². The minimum absolute atomic E-state index is 0.0269. The standard InChI is InChI=1S/C14H9ClF2O/c1-8-2-5-13(17)11(6-8)14(18)10-4-3-9(16)7-12(10)15/h2-7H,1H3. The molecule has 18 heavy (non-hydrogen) atoms. The lowest BCUT2D eigenvalue weighted by Crippen LogP contribution is -2.05. The summed E-state index contributed by atoms with van der Waals surface area (Å²) in [6.07, 6.45) is 0. The molecule has 0 atom stereocenters. The van der Waals surface area contributed by atoms with Crippen LogP contribution in [0, 0.1) is 18.6 Å². The highest BCUT2D eigenvalue weighted by atomic mass is 35.5. The number of benzene rings is 2. The number of carbonyl (C=O) groups is 1. The van der Waals surface area contributed by atoms with Crippen molar-refractivity contribution in [2.45, 2.75) is 6.92 Å². The maximum Gasteiger partial charge on any atom is 0.197 e. The Labute approximate surface area is 108 Å². The molecule has 0 aliphatic heterocycles. The zero-order chi connectivity index (χ0) is 13.3. The monoisotopic (exact) mass is 266 g/mol. The van der Waals surface area contributed by atoms with Crippen LogP contribution in [0.25, 0.3) is 0 Å². The second kappa shape index (κ2) is 4.86. The molecule has 0 amide bonds.